The Balaban J connectivity index is 0. The summed E-state index contributed by atoms with van der Waals surface area (Å²) in [4.78, 5) is 4.08. The van der Waals surface area contributed by atoms with Crippen molar-refractivity contribution in [2.24, 2.45) is 0 Å². The van der Waals surface area contributed by atoms with E-state index >= 15 is 0 Å². The lowest BCUT2D eigenvalue weighted by molar-refractivity contribution is 1.15. The summed E-state index contributed by atoms with van der Waals surface area (Å²) in [6.45, 7) is 16.3. The molecule has 0 aliphatic heterocycles. The summed E-state index contributed by atoms with van der Waals surface area (Å²) in [6.07, 6.45) is 1.81. The summed E-state index contributed by atoms with van der Waals surface area (Å²) < 4.78 is 0. The minimum atomic E-state index is 1.12. The minimum Gasteiger partial charge on any atom is -0.261 e. The van der Waals surface area contributed by atoms with E-state index in [1.807, 2.05) is 46.9 Å². The van der Waals surface area contributed by atoms with Gasteiger partial charge in [-0.2, -0.15) is 0 Å². The van der Waals surface area contributed by atoms with Gasteiger partial charge in [-0.15, -0.1) is 0 Å². The Bertz CT molecular complexity index is 362. The molecular weight excluding hydrogens is 242 g/mol. The Morgan fingerprint density at radius 2 is 1.00 bits per heavy atom. The van der Waals surface area contributed by atoms with Crippen LogP contribution in [0.5, 0.6) is 0 Å². The van der Waals surface area contributed by atoms with Crippen molar-refractivity contribution in [1.29, 1.82) is 0 Å². The molecule has 0 unspecified atom stereocenters. The predicted octanol–water partition coefficient (Wildman–Crippen LogP) is 6.05. The van der Waals surface area contributed by atoms with Crippen LogP contribution in [0.4, 0.5) is 0 Å². The van der Waals surface area contributed by atoms with Crippen LogP contribution < -0.4 is 0 Å². The third kappa shape index (κ3) is 9.32. The minimum absolute atomic E-state index is 1.12. The number of aromatic nitrogens is 1. The molecule has 0 spiro atoms. The highest BCUT2D eigenvalue weighted by Gasteiger charge is 1.85. The Hall–Kier alpha value is -1.63. The van der Waals surface area contributed by atoms with E-state index in [1.165, 1.54) is 16.7 Å². The molecule has 0 aliphatic rings. The summed E-state index contributed by atoms with van der Waals surface area (Å²) in [5, 5.41) is 0. The molecular formula is C19H31N. The maximum Gasteiger partial charge on any atom is 0.0401 e. The first-order valence-electron chi connectivity index (χ1n) is 7.51. The van der Waals surface area contributed by atoms with E-state index in [0.717, 1.165) is 5.69 Å². The van der Waals surface area contributed by atoms with Crippen molar-refractivity contribution >= 4 is 0 Å². The molecule has 1 aromatic carbocycles. The van der Waals surface area contributed by atoms with Gasteiger partial charge in [0.25, 0.3) is 0 Å². The van der Waals surface area contributed by atoms with Crippen molar-refractivity contribution in [3.8, 4) is 0 Å². The Morgan fingerprint density at radius 3 is 1.25 bits per heavy atom. The molecule has 0 amide bonds. The summed E-state index contributed by atoms with van der Waals surface area (Å²) >= 11 is 0. The van der Waals surface area contributed by atoms with E-state index in [1.54, 1.807) is 0 Å². The molecule has 0 saturated carbocycles. The number of pyridine rings is 1. The zero-order chi connectivity index (χ0) is 16.0. The van der Waals surface area contributed by atoms with Gasteiger partial charge >= 0.3 is 0 Å². The van der Waals surface area contributed by atoms with Crippen molar-refractivity contribution in [3.05, 3.63) is 65.0 Å². The first-order chi connectivity index (χ1) is 9.61. The summed E-state index contributed by atoms with van der Waals surface area (Å²) in [7, 11) is 0. The lowest BCUT2D eigenvalue weighted by Crippen LogP contribution is -1.81. The fourth-order valence-corrected chi connectivity index (χ4v) is 1.23. The van der Waals surface area contributed by atoms with Gasteiger partial charge in [-0.25, -0.2) is 0 Å². The van der Waals surface area contributed by atoms with Crippen LogP contribution in [-0.4, -0.2) is 4.98 Å². The maximum atomic E-state index is 4.08. The smallest absolute Gasteiger partial charge is 0.0401 e. The molecule has 0 atom stereocenters. The van der Waals surface area contributed by atoms with Crippen LogP contribution in [0.25, 0.3) is 0 Å². The average molecular weight is 273 g/mol. The predicted molar refractivity (Wildman–Crippen MR) is 92.3 cm³/mol. The molecule has 0 bridgehead atoms. The Morgan fingerprint density at radius 1 is 0.600 bits per heavy atom. The monoisotopic (exact) mass is 273 g/mol. The normalized spacial score (nSPS) is 8.00. The fraction of sp³-hybridized carbons (Fsp3) is 0.421. The summed E-state index contributed by atoms with van der Waals surface area (Å²) in [5.74, 6) is 0. The van der Waals surface area contributed by atoms with Crippen LogP contribution in [0.2, 0.25) is 0 Å². The van der Waals surface area contributed by atoms with E-state index in [-0.39, 0.29) is 0 Å². The topological polar surface area (TPSA) is 12.9 Å². The van der Waals surface area contributed by atoms with E-state index in [2.05, 4.69) is 56.1 Å². The van der Waals surface area contributed by atoms with Gasteiger partial charge in [-0.3, -0.25) is 4.98 Å². The molecule has 1 heteroatoms. The van der Waals surface area contributed by atoms with Gasteiger partial charge in [0.2, 0.25) is 0 Å². The third-order valence-corrected chi connectivity index (χ3v) is 2.70. The number of hydrogen-bond donors (Lipinski definition) is 0. The molecule has 0 N–H and O–H groups in total. The van der Waals surface area contributed by atoms with E-state index < -0.39 is 0 Å². The SMILES string of the molecule is CC.CC.Cc1ccccc1C.Cc1cccnc1C. The number of benzene rings is 1. The summed E-state index contributed by atoms with van der Waals surface area (Å²) in [6, 6.07) is 12.4. The van der Waals surface area contributed by atoms with Crippen molar-refractivity contribution in [3.63, 3.8) is 0 Å². The van der Waals surface area contributed by atoms with Gasteiger partial charge in [-0.1, -0.05) is 58.0 Å². The van der Waals surface area contributed by atoms with Gasteiger partial charge in [0.1, 0.15) is 0 Å². The second-order valence-corrected chi connectivity index (χ2v) is 3.99. The molecule has 0 saturated heterocycles. The number of nitrogens with zero attached hydrogens (tertiary/aromatic N) is 1. The van der Waals surface area contributed by atoms with Crippen LogP contribution >= 0.6 is 0 Å². The lowest BCUT2D eigenvalue weighted by atomic mass is 10.1. The van der Waals surface area contributed by atoms with Gasteiger partial charge < -0.3 is 0 Å². The van der Waals surface area contributed by atoms with Gasteiger partial charge in [-0.05, 0) is 50.5 Å². The largest absolute Gasteiger partial charge is 0.261 e. The number of hydrogen-bond acceptors (Lipinski definition) is 1. The first-order valence-corrected chi connectivity index (χ1v) is 7.51. The highest BCUT2D eigenvalue weighted by atomic mass is 14.6. The van der Waals surface area contributed by atoms with E-state index in [0.29, 0.717) is 0 Å². The van der Waals surface area contributed by atoms with Crippen LogP contribution in [0.3, 0.4) is 0 Å². The van der Waals surface area contributed by atoms with Crippen LogP contribution in [0.15, 0.2) is 42.6 Å². The average Bonchev–Trinajstić information content (AvgIpc) is 2.50. The first kappa shape index (κ1) is 20.7. The second kappa shape index (κ2) is 13.8. The summed E-state index contributed by atoms with van der Waals surface area (Å²) in [5.41, 5.74) is 5.11. The Kier molecular flexibility index (Phi) is 14.3. The number of aryl methyl sites for hydroxylation is 4. The van der Waals surface area contributed by atoms with Crippen LogP contribution in [0.1, 0.15) is 50.1 Å². The molecule has 112 valence electrons. The standard InChI is InChI=1S/C8H10.C7H9N.2C2H6/c1-7-5-3-4-6-8(7)2;1-6-4-3-5-8-7(6)2;2*1-2/h3-6H,1-2H3;3-5H,1-2H3;2*1-2H3. The van der Waals surface area contributed by atoms with Gasteiger partial charge in [0, 0.05) is 11.9 Å². The molecule has 2 aromatic rings. The molecule has 20 heavy (non-hydrogen) atoms. The van der Waals surface area contributed by atoms with E-state index in [4.69, 9.17) is 0 Å². The zero-order valence-corrected chi connectivity index (χ0v) is 14.5. The van der Waals surface area contributed by atoms with Gasteiger partial charge in [0.05, 0.1) is 0 Å². The lowest BCUT2D eigenvalue weighted by Gasteiger charge is -1.93. The van der Waals surface area contributed by atoms with Crippen molar-refractivity contribution in [2.75, 3.05) is 0 Å². The third-order valence-electron chi connectivity index (χ3n) is 2.70. The van der Waals surface area contributed by atoms with Crippen molar-refractivity contribution < 1.29 is 0 Å². The molecule has 0 fully saturated rings. The highest BCUT2D eigenvalue weighted by molar-refractivity contribution is 5.23. The molecule has 2 rings (SSSR count). The number of rotatable bonds is 0. The molecule has 1 aromatic heterocycles. The van der Waals surface area contributed by atoms with Gasteiger partial charge in [0.15, 0.2) is 0 Å². The van der Waals surface area contributed by atoms with Crippen LogP contribution in [-0.2, 0) is 0 Å². The fourth-order valence-electron chi connectivity index (χ4n) is 1.23. The maximum absolute atomic E-state index is 4.08. The zero-order valence-electron chi connectivity index (χ0n) is 14.5. The molecule has 0 aliphatic carbocycles. The Labute approximate surface area is 126 Å². The molecule has 1 heterocycles. The second-order valence-electron chi connectivity index (χ2n) is 3.99. The quantitative estimate of drug-likeness (QED) is 0.569. The highest BCUT2D eigenvalue weighted by Crippen LogP contribution is 2.02. The van der Waals surface area contributed by atoms with Crippen molar-refractivity contribution in [2.45, 2.75) is 55.4 Å². The molecule has 1 nitrogen and oxygen atoms in total. The molecule has 0 radical (unpaired) electrons. The van der Waals surface area contributed by atoms with Crippen LogP contribution in [0, 0.1) is 27.7 Å². The van der Waals surface area contributed by atoms with Crippen molar-refractivity contribution in [1.82, 2.24) is 4.98 Å². The van der Waals surface area contributed by atoms with E-state index in [9.17, 15) is 0 Å².